The number of hydrogen-bond donors (Lipinski definition) is 1. The van der Waals surface area contributed by atoms with Crippen LogP contribution in [-0.4, -0.2) is 16.1 Å². The normalized spacial score (nSPS) is 11.7. The first-order valence-corrected chi connectivity index (χ1v) is 8.10. The number of carbonyl (C=O) groups excluding carboxylic acids is 1. The predicted molar refractivity (Wildman–Crippen MR) is 96.0 cm³/mol. The van der Waals surface area contributed by atoms with Crippen LogP contribution in [0.25, 0.3) is 11.1 Å². The lowest BCUT2D eigenvalue weighted by Crippen LogP contribution is -2.12. The molecule has 1 N–H and O–H groups in total. The van der Waals surface area contributed by atoms with Crippen LogP contribution in [0.2, 0.25) is 0 Å². The van der Waals surface area contributed by atoms with Crippen LogP contribution in [0.5, 0.6) is 5.75 Å². The molecule has 4 nitrogen and oxygen atoms in total. The van der Waals surface area contributed by atoms with E-state index in [0.29, 0.717) is 0 Å². The number of esters is 1. The number of pyridine rings is 1. The number of nitrogens with zero attached hydrogens (tertiary/aromatic N) is 1. The predicted octanol–water partition coefficient (Wildman–Crippen LogP) is 4.30. The minimum Gasteiger partial charge on any atom is -0.508 e. The van der Waals surface area contributed by atoms with Gasteiger partial charge in [-0.2, -0.15) is 0 Å². The second-order valence-electron chi connectivity index (χ2n) is 5.80. The summed E-state index contributed by atoms with van der Waals surface area (Å²) in [6, 6.07) is 18.4. The van der Waals surface area contributed by atoms with E-state index in [1.54, 1.807) is 24.5 Å². The summed E-state index contributed by atoms with van der Waals surface area (Å²) < 4.78 is 5.54. The molecule has 0 aliphatic rings. The molecular weight excluding hydrogens is 314 g/mol. The van der Waals surface area contributed by atoms with Crippen LogP contribution in [0, 0.1) is 0 Å². The van der Waals surface area contributed by atoms with Gasteiger partial charge in [-0.1, -0.05) is 42.5 Å². The highest BCUT2D eigenvalue weighted by Gasteiger charge is 2.15. The van der Waals surface area contributed by atoms with E-state index in [-0.39, 0.29) is 24.2 Å². The first-order chi connectivity index (χ1) is 12.1. The molecule has 126 valence electrons. The largest absolute Gasteiger partial charge is 0.508 e. The van der Waals surface area contributed by atoms with Crippen molar-refractivity contribution in [1.29, 1.82) is 0 Å². The summed E-state index contributed by atoms with van der Waals surface area (Å²) in [7, 11) is 0. The van der Waals surface area contributed by atoms with E-state index in [9.17, 15) is 9.90 Å². The number of rotatable bonds is 5. The number of hydrogen-bond acceptors (Lipinski definition) is 4. The Labute approximate surface area is 146 Å². The molecule has 0 aliphatic heterocycles. The van der Waals surface area contributed by atoms with Crippen molar-refractivity contribution >= 4 is 5.97 Å². The van der Waals surface area contributed by atoms with Crippen LogP contribution in [0.1, 0.15) is 24.2 Å². The van der Waals surface area contributed by atoms with E-state index in [1.807, 2.05) is 55.5 Å². The fraction of sp³-hybridized carbons (Fsp3) is 0.143. The van der Waals surface area contributed by atoms with Gasteiger partial charge < -0.3 is 9.84 Å². The Hall–Kier alpha value is -3.14. The molecule has 1 aromatic heterocycles. The highest BCUT2D eigenvalue weighted by atomic mass is 16.5. The maximum absolute atomic E-state index is 12.3. The average Bonchev–Trinajstić information content (AvgIpc) is 2.63. The standard InChI is InChI=1S/C21H19NO3/c1-15(16-5-3-2-4-6-16)25-21(24)13-18-14-22-12-11-20(18)17-7-9-19(23)10-8-17/h2-12,14-15,23H,13H2,1H3/t15-/m1/s1. The van der Waals surface area contributed by atoms with Crippen LogP contribution >= 0.6 is 0 Å². The number of carbonyl (C=O) groups is 1. The summed E-state index contributed by atoms with van der Waals surface area (Å²) in [5, 5.41) is 9.44. The zero-order chi connectivity index (χ0) is 17.6. The molecule has 0 spiro atoms. The van der Waals surface area contributed by atoms with Gasteiger partial charge in [-0.3, -0.25) is 9.78 Å². The van der Waals surface area contributed by atoms with Gasteiger partial charge in [-0.15, -0.1) is 0 Å². The fourth-order valence-corrected chi connectivity index (χ4v) is 2.68. The first-order valence-electron chi connectivity index (χ1n) is 8.10. The molecule has 0 saturated carbocycles. The lowest BCUT2D eigenvalue weighted by molar-refractivity contribution is -0.147. The van der Waals surface area contributed by atoms with E-state index in [1.165, 1.54) is 0 Å². The maximum atomic E-state index is 12.3. The van der Waals surface area contributed by atoms with Crippen molar-refractivity contribution in [2.75, 3.05) is 0 Å². The second kappa shape index (κ2) is 7.62. The van der Waals surface area contributed by atoms with Gasteiger partial charge in [0.05, 0.1) is 6.42 Å². The molecule has 1 atom stereocenters. The first kappa shape index (κ1) is 16.7. The molecule has 0 bridgehead atoms. The van der Waals surface area contributed by atoms with Crippen LogP contribution < -0.4 is 0 Å². The van der Waals surface area contributed by atoms with Crippen molar-refractivity contribution < 1.29 is 14.6 Å². The Balaban J connectivity index is 1.74. The van der Waals surface area contributed by atoms with Crippen LogP contribution in [0.15, 0.2) is 73.1 Å². The third-order valence-corrected chi connectivity index (χ3v) is 3.99. The highest BCUT2D eigenvalue weighted by molar-refractivity contribution is 5.78. The molecule has 3 rings (SSSR count). The third-order valence-electron chi connectivity index (χ3n) is 3.99. The molecule has 0 saturated heterocycles. The van der Waals surface area contributed by atoms with Crippen LogP contribution in [0.3, 0.4) is 0 Å². The van der Waals surface area contributed by atoms with Crippen molar-refractivity contribution in [3.8, 4) is 16.9 Å². The molecule has 25 heavy (non-hydrogen) atoms. The molecule has 0 amide bonds. The Bertz CT molecular complexity index is 845. The van der Waals surface area contributed by atoms with E-state index >= 15 is 0 Å². The SMILES string of the molecule is C[C@@H](OC(=O)Cc1cnccc1-c1ccc(O)cc1)c1ccccc1. The number of aromatic hydroxyl groups is 1. The van der Waals surface area contributed by atoms with Gasteiger partial charge >= 0.3 is 5.97 Å². The highest BCUT2D eigenvalue weighted by Crippen LogP contribution is 2.26. The number of benzene rings is 2. The van der Waals surface area contributed by atoms with Crippen molar-refractivity contribution in [2.45, 2.75) is 19.4 Å². The lowest BCUT2D eigenvalue weighted by atomic mass is 10.00. The Kier molecular flexibility index (Phi) is 5.09. The molecule has 0 fully saturated rings. The van der Waals surface area contributed by atoms with Gasteiger partial charge in [0.2, 0.25) is 0 Å². The quantitative estimate of drug-likeness (QED) is 0.707. The van der Waals surface area contributed by atoms with Crippen molar-refractivity contribution in [3.63, 3.8) is 0 Å². The zero-order valence-electron chi connectivity index (χ0n) is 13.9. The van der Waals surface area contributed by atoms with Crippen LogP contribution in [-0.2, 0) is 16.0 Å². The van der Waals surface area contributed by atoms with E-state index in [2.05, 4.69) is 4.98 Å². The van der Waals surface area contributed by atoms with Gasteiger partial charge in [-0.25, -0.2) is 0 Å². The van der Waals surface area contributed by atoms with E-state index < -0.39 is 0 Å². The average molecular weight is 333 g/mol. The van der Waals surface area contributed by atoms with Gasteiger partial charge in [-0.05, 0) is 47.4 Å². The van der Waals surface area contributed by atoms with Gasteiger partial charge in [0.1, 0.15) is 11.9 Å². The summed E-state index contributed by atoms with van der Waals surface area (Å²) in [4.78, 5) is 16.5. The van der Waals surface area contributed by atoms with Gasteiger partial charge in [0.15, 0.2) is 0 Å². The Morgan fingerprint density at radius 2 is 1.80 bits per heavy atom. The Morgan fingerprint density at radius 1 is 1.08 bits per heavy atom. The molecule has 0 aliphatic carbocycles. The van der Waals surface area contributed by atoms with Gasteiger partial charge in [0.25, 0.3) is 0 Å². The zero-order valence-corrected chi connectivity index (χ0v) is 13.9. The molecule has 0 radical (unpaired) electrons. The molecule has 1 heterocycles. The monoisotopic (exact) mass is 333 g/mol. The number of aromatic nitrogens is 1. The molecule has 0 unspecified atom stereocenters. The second-order valence-corrected chi connectivity index (χ2v) is 5.80. The molecule has 3 aromatic rings. The summed E-state index contributed by atoms with van der Waals surface area (Å²) >= 11 is 0. The van der Waals surface area contributed by atoms with Crippen LogP contribution in [0.4, 0.5) is 0 Å². The van der Waals surface area contributed by atoms with Crippen molar-refractivity contribution in [3.05, 3.63) is 84.2 Å². The van der Waals surface area contributed by atoms with Gasteiger partial charge in [0, 0.05) is 12.4 Å². The third kappa shape index (κ3) is 4.23. The summed E-state index contributed by atoms with van der Waals surface area (Å²) in [6.45, 7) is 1.86. The van der Waals surface area contributed by atoms with E-state index in [4.69, 9.17) is 4.74 Å². The molecule has 2 aromatic carbocycles. The minimum absolute atomic E-state index is 0.140. The maximum Gasteiger partial charge on any atom is 0.310 e. The minimum atomic E-state index is -0.303. The smallest absolute Gasteiger partial charge is 0.310 e. The summed E-state index contributed by atoms with van der Waals surface area (Å²) in [6.07, 6.45) is 3.20. The summed E-state index contributed by atoms with van der Waals surface area (Å²) in [5.74, 6) is -0.0974. The lowest BCUT2D eigenvalue weighted by Gasteiger charge is -2.14. The topological polar surface area (TPSA) is 59.4 Å². The Morgan fingerprint density at radius 3 is 2.52 bits per heavy atom. The van der Waals surface area contributed by atoms with E-state index in [0.717, 1.165) is 22.3 Å². The van der Waals surface area contributed by atoms with Crippen molar-refractivity contribution in [2.24, 2.45) is 0 Å². The molecular formula is C21H19NO3. The number of ether oxygens (including phenoxy) is 1. The number of phenols is 1. The summed E-state index contributed by atoms with van der Waals surface area (Å²) in [5.41, 5.74) is 3.57. The van der Waals surface area contributed by atoms with Crippen molar-refractivity contribution in [1.82, 2.24) is 4.98 Å². The molecule has 4 heteroatoms. The fourth-order valence-electron chi connectivity index (χ4n) is 2.68. The number of phenolic OH excluding ortho intramolecular Hbond substituents is 1.